The van der Waals surface area contributed by atoms with Crippen molar-refractivity contribution in [3.8, 4) is 0 Å². The Kier molecular flexibility index (Phi) is 4.29. The minimum absolute atomic E-state index is 0.126. The number of fused-ring (bicyclic) bond motifs is 1. The summed E-state index contributed by atoms with van der Waals surface area (Å²) in [5.74, 6) is -0.334. The highest BCUT2D eigenvalue weighted by atomic mass is 16.2. The lowest BCUT2D eigenvalue weighted by molar-refractivity contribution is -0.126. The predicted octanol–water partition coefficient (Wildman–Crippen LogP) is 0.213. The first-order valence-corrected chi connectivity index (χ1v) is 6.49. The third-order valence-corrected chi connectivity index (χ3v) is 3.25. The van der Waals surface area contributed by atoms with Crippen LogP contribution in [0.5, 0.6) is 0 Å². The number of nitrogens with zero attached hydrogens (tertiary/aromatic N) is 1. The summed E-state index contributed by atoms with van der Waals surface area (Å²) >= 11 is 0. The van der Waals surface area contributed by atoms with Crippen LogP contribution in [0.25, 0.3) is 0 Å². The van der Waals surface area contributed by atoms with Crippen molar-refractivity contribution in [3.63, 3.8) is 0 Å². The van der Waals surface area contributed by atoms with Crippen molar-refractivity contribution >= 4 is 17.5 Å². The summed E-state index contributed by atoms with van der Waals surface area (Å²) in [7, 11) is 1.69. The van der Waals surface area contributed by atoms with Crippen LogP contribution in [0.15, 0.2) is 18.2 Å². The van der Waals surface area contributed by atoms with Crippen molar-refractivity contribution in [3.05, 3.63) is 29.3 Å². The fourth-order valence-corrected chi connectivity index (χ4v) is 2.37. The second-order valence-electron chi connectivity index (χ2n) is 4.65. The van der Waals surface area contributed by atoms with Gasteiger partial charge in [-0.15, -0.1) is 0 Å². The van der Waals surface area contributed by atoms with Gasteiger partial charge in [-0.2, -0.15) is 0 Å². The quantitative estimate of drug-likeness (QED) is 0.812. The first-order chi connectivity index (χ1) is 9.17. The van der Waals surface area contributed by atoms with E-state index in [1.165, 1.54) is 4.90 Å². The first kappa shape index (κ1) is 13.7. The fourth-order valence-electron chi connectivity index (χ4n) is 2.37. The Labute approximate surface area is 112 Å². The van der Waals surface area contributed by atoms with Gasteiger partial charge in [-0.25, -0.2) is 4.90 Å². The zero-order valence-corrected chi connectivity index (χ0v) is 11.1. The minimum Gasteiger partial charge on any atom is -0.330 e. The van der Waals surface area contributed by atoms with Crippen LogP contribution in [0.2, 0.25) is 0 Å². The second kappa shape index (κ2) is 5.95. The topological polar surface area (TPSA) is 75.4 Å². The molecular formula is C14H19N3O2. The van der Waals surface area contributed by atoms with Crippen molar-refractivity contribution in [1.82, 2.24) is 5.32 Å². The monoisotopic (exact) mass is 261 g/mol. The Morgan fingerprint density at radius 3 is 2.89 bits per heavy atom. The summed E-state index contributed by atoms with van der Waals surface area (Å²) in [6, 6.07) is 5.84. The van der Waals surface area contributed by atoms with Crippen molar-refractivity contribution in [2.45, 2.75) is 19.3 Å². The number of imide groups is 1. The number of hydrogen-bond acceptors (Lipinski definition) is 4. The molecule has 1 aliphatic rings. The third-order valence-electron chi connectivity index (χ3n) is 3.25. The molecule has 0 spiro atoms. The molecule has 0 bridgehead atoms. The molecule has 0 unspecified atom stereocenters. The van der Waals surface area contributed by atoms with Gasteiger partial charge in [0.05, 0.1) is 12.2 Å². The molecule has 2 amide bonds. The van der Waals surface area contributed by atoms with Gasteiger partial charge in [-0.3, -0.25) is 9.59 Å². The van der Waals surface area contributed by atoms with Gasteiger partial charge in [0.2, 0.25) is 11.8 Å². The van der Waals surface area contributed by atoms with E-state index >= 15 is 0 Å². The molecule has 5 nitrogen and oxygen atoms in total. The fraction of sp³-hybridized carbons (Fsp3) is 0.429. The molecule has 2 rings (SSSR count). The molecular weight excluding hydrogens is 242 g/mol. The van der Waals surface area contributed by atoms with Gasteiger partial charge in [-0.1, -0.05) is 12.1 Å². The number of benzene rings is 1. The van der Waals surface area contributed by atoms with E-state index in [1.807, 2.05) is 18.2 Å². The van der Waals surface area contributed by atoms with Gasteiger partial charge in [-0.05, 0) is 43.6 Å². The van der Waals surface area contributed by atoms with Gasteiger partial charge in [0.1, 0.15) is 0 Å². The molecule has 1 heterocycles. The molecule has 0 saturated heterocycles. The van der Waals surface area contributed by atoms with E-state index in [9.17, 15) is 9.59 Å². The Bertz CT molecular complexity index is 499. The third kappa shape index (κ3) is 2.83. The lowest BCUT2D eigenvalue weighted by Crippen LogP contribution is -2.44. The Morgan fingerprint density at radius 2 is 2.21 bits per heavy atom. The predicted molar refractivity (Wildman–Crippen MR) is 73.9 cm³/mol. The second-order valence-corrected chi connectivity index (χ2v) is 4.65. The molecule has 0 atom stereocenters. The molecule has 0 aliphatic carbocycles. The highest BCUT2D eigenvalue weighted by Crippen LogP contribution is 2.29. The highest BCUT2D eigenvalue weighted by Gasteiger charge is 2.28. The number of carbonyl (C=O) groups is 2. The molecule has 0 saturated carbocycles. The SMILES string of the molecule is CNCC(=O)N1C(=O)CCc2cc(CCN)ccc21. The summed E-state index contributed by atoms with van der Waals surface area (Å²) in [5.41, 5.74) is 8.47. The van der Waals surface area contributed by atoms with E-state index in [0.29, 0.717) is 19.4 Å². The zero-order chi connectivity index (χ0) is 13.8. The van der Waals surface area contributed by atoms with Crippen LogP contribution in [0.3, 0.4) is 0 Å². The van der Waals surface area contributed by atoms with Crippen LogP contribution in [0.4, 0.5) is 5.69 Å². The number of amides is 2. The van der Waals surface area contributed by atoms with E-state index in [-0.39, 0.29) is 18.4 Å². The molecule has 1 aromatic rings. The Hall–Kier alpha value is -1.72. The molecule has 0 aromatic heterocycles. The maximum atomic E-state index is 12.0. The van der Waals surface area contributed by atoms with Gasteiger partial charge in [0.15, 0.2) is 0 Å². The average Bonchev–Trinajstić information content (AvgIpc) is 2.39. The molecule has 102 valence electrons. The van der Waals surface area contributed by atoms with E-state index in [2.05, 4.69) is 5.32 Å². The van der Waals surface area contributed by atoms with Crippen LogP contribution in [0, 0.1) is 0 Å². The van der Waals surface area contributed by atoms with Crippen molar-refractivity contribution in [2.75, 3.05) is 25.0 Å². The Morgan fingerprint density at radius 1 is 1.42 bits per heavy atom. The highest BCUT2D eigenvalue weighted by molar-refractivity contribution is 6.17. The number of anilines is 1. The number of carbonyl (C=O) groups excluding carboxylic acids is 2. The van der Waals surface area contributed by atoms with Crippen LogP contribution in [-0.2, 0) is 22.4 Å². The van der Waals surface area contributed by atoms with E-state index in [4.69, 9.17) is 5.73 Å². The maximum absolute atomic E-state index is 12.0. The van der Waals surface area contributed by atoms with Crippen LogP contribution in [-0.4, -0.2) is 32.0 Å². The lowest BCUT2D eigenvalue weighted by Gasteiger charge is -2.28. The number of nitrogens with two attached hydrogens (primary N) is 1. The molecule has 1 aliphatic heterocycles. The number of rotatable bonds is 4. The smallest absolute Gasteiger partial charge is 0.247 e. The normalized spacial score (nSPS) is 14.4. The van der Waals surface area contributed by atoms with E-state index in [0.717, 1.165) is 23.2 Å². The molecule has 0 fully saturated rings. The number of nitrogens with one attached hydrogen (secondary N) is 1. The van der Waals surface area contributed by atoms with Gasteiger partial charge in [0, 0.05) is 6.42 Å². The minimum atomic E-state index is -0.208. The van der Waals surface area contributed by atoms with Crippen LogP contribution >= 0.6 is 0 Å². The van der Waals surface area contributed by atoms with Crippen LogP contribution in [0.1, 0.15) is 17.5 Å². The Balaban J connectivity index is 2.33. The summed E-state index contributed by atoms with van der Waals surface area (Å²) in [4.78, 5) is 25.2. The molecule has 19 heavy (non-hydrogen) atoms. The number of aryl methyl sites for hydroxylation is 1. The summed E-state index contributed by atoms with van der Waals surface area (Å²) in [6.45, 7) is 0.760. The average molecular weight is 261 g/mol. The van der Waals surface area contributed by atoms with Gasteiger partial charge in [0.25, 0.3) is 0 Å². The standard InChI is InChI=1S/C14H19N3O2/c1-16-9-14(19)17-12-4-2-10(6-7-15)8-11(12)3-5-13(17)18/h2,4,8,16H,3,5-7,9,15H2,1H3. The summed E-state index contributed by atoms with van der Waals surface area (Å²) in [5, 5.41) is 2.79. The van der Waals surface area contributed by atoms with Gasteiger partial charge >= 0.3 is 0 Å². The maximum Gasteiger partial charge on any atom is 0.247 e. The lowest BCUT2D eigenvalue weighted by atomic mass is 9.97. The van der Waals surface area contributed by atoms with Gasteiger partial charge < -0.3 is 11.1 Å². The van der Waals surface area contributed by atoms with E-state index < -0.39 is 0 Å². The van der Waals surface area contributed by atoms with Crippen LogP contribution < -0.4 is 16.0 Å². The van der Waals surface area contributed by atoms with Crippen molar-refractivity contribution < 1.29 is 9.59 Å². The number of likely N-dealkylation sites (N-methyl/N-ethyl adjacent to an activating group) is 1. The molecule has 3 N–H and O–H groups in total. The molecule has 5 heteroatoms. The largest absolute Gasteiger partial charge is 0.330 e. The first-order valence-electron chi connectivity index (χ1n) is 6.49. The van der Waals surface area contributed by atoms with Crippen molar-refractivity contribution in [1.29, 1.82) is 0 Å². The summed E-state index contributed by atoms with van der Waals surface area (Å²) < 4.78 is 0. The zero-order valence-electron chi connectivity index (χ0n) is 11.1. The molecule has 1 aromatic carbocycles. The van der Waals surface area contributed by atoms with E-state index in [1.54, 1.807) is 7.05 Å². The molecule has 0 radical (unpaired) electrons. The summed E-state index contributed by atoms with van der Waals surface area (Å²) in [6.07, 6.45) is 1.89. The number of hydrogen-bond donors (Lipinski definition) is 2. The van der Waals surface area contributed by atoms with Crippen molar-refractivity contribution in [2.24, 2.45) is 5.73 Å².